The summed E-state index contributed by atoms with van der Waals surface area (Å²) in [5.41, 5.74) is 4.05. The van der Waals surface area contributed by atoms with Crippen molar-refractivity contribution in [2.75, 3.05) is 41.7 Å². The SMILES string of the molecule is O=C(Cc1ccccc1)Nc1ccc(C(=O)Nc2ccccc2C(=O)N2CCN(c3ccccc3)CC2)cc1. The molecule has 1 fully saturated rings. The Morgan fingerprint density at radius 1 is 0.641 bits per heavy atom. The molecule has 0 unspecified atom stereocenters. The van der Waals surface area contributed by atoms with Crippen molar-refractivity contribution in [3.05, 3.63) is 126 Å². The molecule has 0 saturated carbocycles. The predicted molar refractivity (Wildman–Crippen MR) is 154 cm³/mol. The van der Waals surface area contributed by atoms with E-state index in [4.69, 9.17) is 0 Å². The largest absolute Gasteiger partial charge is 0.368 e. The van der Waals surface area contributed by atoms with Crippen LogP contribution in [0.15, 0.2) is 109 Å². The Morgan fingerprint density at radius 3 is 1.95 bits per heavy atom. The first-order valence-electron chi connectivity index (χ1n) is 13.0. The third-order valence-electron chi connectivity index (χ3n) is 6.73. The highest BCUT2D eigenvalue weighted by atomic mass is 16.2. The molecule has 1 aliphatic heterocycles. The summed E-state index contributed by atoms with van der Waals surface area (Å²) in [6.45, 7) is 2.71. The lowest BCUT2D eigenvalue weighted by atomic mass is 10.1. The first-order chi connectivity index (χ1) is 19.1. The molecule has 4 aromatic carbocycles. The topological polar surface area (TPSA) is 81.8 Å². The summed E-state index contributed by atoms with van der Waals surface area (Å²) in [7, 11) is 0. The number of anilines is 3. The number of hydrogen-bond donors (Lipinski definition) is 2. The van der Waals surface area contributed by atoms with Crippen LogP contribution < -0.4 is 15.5 Å². The van der Waals surface area contributed by atoms with E-state index in [1.165, 1.54) is 0 Å². The minimum atomic E-state index is -0.327. The van der Waals surface area contributed by atoms with Crippen molar-refractivity contribution in [2.45, 2.75) is 6.42 Å². The Kier molecular flexibility index (Phi) is 7.98. The summed E-state index contributed by atoms with van der Waals surface area (Å²) in [6.07, 6.45) is 0.273. The van der Waals surface area contributed by atoms with Crippen LogP contribution in [0.2, 0.25) is 0 Å². The van der Waals surface area contributed by atoms with Crippen LogP contribution in [0, 0.1) is 0 Å². The van der Waals surface area contributed by atoms with Crippen molar-refractivity contribution in [2.24, 2.45) is 0 Å². The second-order valence-electron chi connectivity index (χ2n) is 9.40. The van der Waals surface area contributed by atoms with Gasteiger partial charge in [-0.05, 0) is 54.1 Å². The van der Waals surface area contributed by atoms with Crippen LogP contribution in [-0.2, 0) is 11.2 Å². The van der Waals surface area contributed by atoms with E-state index in [1.807, 2.05) is 53.4 Å². The van der Waals surface area contributed by atoms with Gasteiger partial charge in [0.2, 0.25) is 5.91 Å². The van der Waals surface area contributed by atoms with E-state index in [0.717, 1.165) is 24.3 Å². The Balaban J connectivity index is 1.19. The van der Waals surface area contributed by atoms with E-state index in [9.17, 15) is 14.4 Å². The average Bonchev–Trinajstić information content (AvgIpc) is 2.98. The molecular formula is C32H30N4O3. The first-order valence-corrected chi connectivity index (χ1v) is 13.0. The van der Waals surface area contributed by atoms with Gasteiger partial charge < -0.3 is 20.4 Å². The summed E-state index contributed by atoms with van der Waals surface area (Å²) < 4.78 is 0. The zero-order chi connectivity index (χ0) is 27.0. The number of nitrogens with zero attached hydrogens (tertiary/aromatic N) is 2. The minimum Gasteiger partial charge on any atom is -0.368 e. The van der Waals surface area contributed by atoms with Gasteiger partial charge >= 0.3 is 0 Å². The summed E-state index contributed by atoms with van der Waals surface area (Å²) in [4.78, 5) is 42.8. The number of rotatable bonds is 7. The van der Waals surface area contributed by atoms with Crippen molar-refractivity contribution in [1.29, 1.82) is 0 Å². The molecular weight excluding hydrogens is 488 g/mol. The second-order valence-corrected chi connectivity index (χ2v) is 9.40. The monoisotopic (exact) mass is 518 g/mol. The molecule has 1 aliphatic rings. The van der Waals surface area contributed by atoms with Crippen molar-refractivity contribution in [3.8, 4) is 0 Å². The highest BCUT2D eigenvalue weighted by molar-refractivity contribution is 6.09. The zero-order valence-electron chi connectivity index (χ0n) is 21.5. The molecule has 0 aromatic heterocycles. The molecule has 7 heteroatoms. The fourth-order valence-electron chi connectivity index (χ4n) is 4.64. The fraction of sp³-hybridized carbons (Fsp3) is 0.156. The maximum absolute atomic E-state index is 13.4. The van der Waals surface area contributed by atoms with E-state index < -0.39 is 0 Å². The lowest BCUT2D eigenvalue weighted by molar-refractivity contribution is -0.115. The van der Waals surface area contributed by atoms with E-state index in [-0.39, 0.29) is 24.1 Å². The molecule has 0 spiro atoms. The van der Waals surface area contributed by atoms with Gasteiger partial charge in [0.05, 0.1) is 17.7 Å². The lowest BCUT2D eigenvalue weighted by Crippen LogP contribution is -2.48. The maximum atomic E-state index is 13.4. The molecule has 0 aliphatic carbocycles. The van der Waals surface area contributed by atoms with Crippen molar-refractivity contribution in [1.82, 2.24) is 4.90 Å². The van der Waals surface area contributed by atoms with Gasteiger partial charge in [-0.15, -0.1) is 0 Å². The van der Waals surface area contributed by atoms with Gasteiger partial charge in [0, 0.05) is 43.1 Å². The lowest BCUT2D eigenvalue weighted by Gasteiger charge is -2.36. The Labute approximate surface area is 228 Å². The van der Waals surface area contributed by atoms with E-state index >= 15 is 0 Å². The van der Waals surface area contributed by atoms with Crippen LogP contribution in [0.3, 0.4) is 0 Å². The molecule has 0 bridgehead atoms. The molecule has 2 N–H and O–H groups in total. The van der Waals surface area contributed by atoms with Gasteiger partial charge in [0.1, 0.15) is 0 Å². The normalized spacial score (nSPS) is 13.0. The molecule has 7 nitrogen and oxygen atoms in total. The molecule has 39 heavy (non-hydrogen) atoms. The summed E-state index contributed by atoms with van der Waals surface area (Å²) in [6, 6.07) is 33.5. The maximum Gasteiger partial charge on any atom is 0.256 e. The van der Waals surface area contributed by atoms with Gasteiger partial charge in [0.15, 0.2) is 0 Å². The number of amides is 3. The van der Waals surface area contributed by atoms with Crippen molar-refractivity contribution >= 4 is 34.8 Å². The number of carbonyl (C=O) groups is 3. The number of nitrogens with one attached hydrogen (secondary N) is 2. The number of hydrogen-bond acceptors (Lipinski definition) is 4. The highest BCUT2D eigenvalue weighted by Gasteiger charge is 2.24. The first kappa shape index (κ1) is 25.7. The average molecular weight is 519 g/mol. The summed E-state index contributed by atoms with van der Waals surface area (Å²) in [5, 5.41) is 5.75. The quantitative estimate of drug-likeness (QED) is 0.357. The van der Waals surface area contributed by atoms with Gasteiger partial charge in [-0.3, -0.25) is 14.4 Å². The Bertz CT molecular complexity index is 1430. The third kappa shape index (κ3) is 6.51. The molecule has 4 aromatic rings. The minimum absolute atomic E-state index is 0.102. The van der Waals surface area contributed by atoms with E-state index in [1.54, 1.807) is 48.5 Å². The van der Waals surface area contributed by atoms with E-state index in [2.05, 4.69) is 27.7 Å². The molecule has 5 rings (SSSR count). The molecule has 1 heterocycles. The van der Waals surface area contributed by atoms with Gasteiger partial charge in [-0.25, -0.2) is 0 Å². The number of piperazine rings is 1. The van der Waals surface area contributed by atoms with Crippen LogP contribution in [0.25, 0.3) is 0 Å². The van der Waals surface area contributed by atoms with E-state index in [0.29, 0.717) is 35.6 Å². The van der Waals surface area contributed by atoms with Gasteiger partial charge in [-0.2, -0.15) is 0 Å². The molecule has 0 atom stereocenters. The van der Waals surface area contributed by atoms with Crippen molar-refractivity contribution < 1.29 is 14.4 Å². The predicted octanol–water partition coefficient (Wildman–Crippen LogP) is 5.08. The summed E-state index contributed by atoms with van der Waals surface area (Å²) in [5.74, 6) is -0.558. The van der Waals surface area contributed by atoms with Gasteiger partial charge in [0.25, 0.3) is 11.8 Å². The van der Waals surface area contributed by atoms with Crippen LogP contribution in [-0.4, -0.2) is 48.8 Å². The molecule has 1 saturated heterocycles. The van der Waals surface area contributed by atoms with Crippen LogP contribution >= 0.6 is 0 Å². The number of para-hydroxylation sites is 2. The zero-order valence-corrected chi connectivity index (χ0v) is 21.5. The summed E-state index contributed by atoms with van der Waals surface area (Å²) >= 11 is 0. The number of benzene rings is 4. The van der Waals surface area contributed by atoms with Crippen LogP contribution in [0.4, 0.5) is 17.1 Å². The highest BCUT2D eigenvalue weighted by Crippen LogP contribution is 2.22. The Hall–Kier alpha value is -4.91. The Morgan fingerprint density at radius 2 is 1.26 bits per heavy atom. The third-order valence-corrected chi connectivity index (χ3v) is 6.73. The molecule has 0 radical (unpaired) electrons. The fourth-order valence-corrected chi connectivity index (χ4v) is 4.64. The molecule has 3 amide bonds. The van der Waals surface area contributed by atoms with Crippen LogP contribution in [0.1, 0.15) is 26.3 Å². The van der Waals surface area contributed by atoms with Gasteiger partial charge in [-0.1, -0.05) is 60.7 Å². The smallest absolute Gasteiger partial charge is 0.256 e. The van der Waals surface area contributed by atoms with Crippen LogP contribution in [0.5, 0.6) is 0 Å². The standard InChI is InChI=1S/C32H30N4O3/c37-30(23-24-9-3-1-4-10-24)33-26-17-15-25(16-18-26)31(38)34-29-14-8-7-13-28(29)32(39)36-21-19-35(20-22-36)27-11-5-2-6-12-27/h1-18H,19-23H2,(H,33,37)(H,34,38). The molecule has 196 valence electrons. The second kappa shape index (κ2) is 12.1. The van der Waals surface area contributed by atoms with Crippen molar-refractivity contribution in [3.63, 3.8) is 0 Å². The number of carbonyl (C=O) groups excluding carboxylic acids is 3.